The van der Waals surface area contributed by atoms with Crippen molar-refractivity contribution >= 4 is 9.84 Å². The highest BCUT2D eigenvalue weighted by atomic mass is 32.2. The number of aromatic nitrogens is 6. The third kappa shape index (κ3) is 3.14. The van der Waals surface area contributed by atoms with Crippen molar-refractivity contribution in [1.82, 2.24) is 30.0 Å². The van der Waals surface area contributed by atoms with Crippen LogP contribution in [0, 0.1) is 0 Å². The number of hydrogen-bond donors (Lipinski definition) is 0. The van der Waals surface area contributed by atoms with Gasteiger partial charge < -0.3 is 0 Å². The molecule has 120 valence electrons. The highest BCUT2D eigenvalue weighted by Crippen LogP contribution is 2.23. The number of sulfone groups is 1. The zero-order chi connectivity index (χ0) is 16.4. The molecule has 1 aromatic carbocycles. The lowest BCUT2D eigenvalue weighted by Crippen LogP contribution is -2.16. The van der Waals surface area contributed by atoms with Gasteiger partial charge in [0, 0.05) is 19.4 Å². The van der Waals surface area contributed by atoms with Crippen molar-refractivity contribution in [3.63, 3.8) is 0 Å². The van der Waals surface area contributed by atoms with Crippen LogP contribution < -0.4 is 0 Å². The molecule has 0 unspecified atom stereocenters. The molecule has 2 heterocycles. The fourth-order valence-corrected chi connectivity index (χ4v) is 3.69. The quantitative estimate of drug-likeness (QED) is 0.693. The van der Waals surface area contributed by atoms with Gasteiger partial charge in [0.05, 0.1) is 11.4 Å². The molecule has 9 heteroatoms. The van der Waals surface area contributed by atoms with Crippen LogP contribution in [0.4, 0.5) is 0 Å². The first-order chi connectivity index (χ1) is 11.0. The second-order valence-electron chi connectivity index (χ2n) is 5.23. The summed E-state index contributed by atoms with van der Waals surface area (Å²) in [7, 11) is -1.79. The zero-order valence-electron chi connectivity index (χ0n) is 12.7. The Bertz CT molecular complexity index is 884. The van der Waals surface area contributed by atoms with Gasteiger partial charge in [0.15, 0.2) is 15.7 Å². The molecule has 23 heavy (non-hydrogen) atoms. The Hall–Kier alpha value is -2.55. The number of aryl methyl sites for hydroxylation is 1. The summed E-state index contributed by atoms with van der Waals surface area (Å²) in [6.07, 6.45) is 3.52. The summed E-state index contributed by atoms with van der Waals surface area (Å²) in [4.78, 5) is 0. The number of benzene rings is 1. The van der Waals surface area contributed by atoms with Crippen LogP contribution in [0.5, 0.6) is 0 Å². The highest BCUT2D eigenvalue weighted by Gasteiger charge is 2.27. The topological polar surface area (TPSA) is 95.6 Å². The van der Waals surface area contributed by atoms with Crippen LogP contribution in [0.25, 0.3) is 5.69 Å². The van der Waals surface area contributed by atoms with Gasteiger partial charge in [0.25, 0.3) is 0 Å². The van der Waals surface area contributed by atoms with Crippen LogP contribution in [0.3, 0.4) is 0 Å². The summed E-state index contributed by atoms with van der Waals surface area (Å²) in [5.41, 5.74) is 1.59. The average molecular weight is 332 g/mol. The summed E-state index contributed by atoms with van der Waals surface area (Å²) in [6.45, 7) is 1.60. The minimum absolute atomic E-state index is 0.0690. The first kappa shape index (κ1) is 15.3. The maximum atomic E-state index is 12.5. The van der Waals surface area contributed by atoms with E-state index in [9.17, 15) is 8.42 Å². The molecule has 0 spiro atoms. The van der Waals surface area contributed by atoms with Gasteiger partial charge in [-0.15, -0.1) is 5.10 Å². The van der Waals surface area contributed by atoms with Gasteiger partial charge in [-0.2, -0.15) is 5.10 Å². The smallest absolute Gasteiger partial charge is 0.168 e. The molecular formula is C14H16N6O2S. The van der Waals surface area contributed by atoms with E-state index in [2.05, 4.69) is 20.6 Å². The van der Waals surface area contributed by atoms with E-state index < -0.39 is 15.1 Å². The standard InChI is InChI=1S/C14H16N6O2S/c1-11(14-16-17-18-19(14)2)23(21,22)10-12-4-6-13(7-5-12)20-9-3-8-15-20/h3-9,11H,10H2,1-2H3/t11-/m1/s1. The molecular weight excluding hydrogens is 316 g/mol. The van der Waals surface area contributed by atoms with E-state index >= 15 is 0 Å². The van der Waals surface area contributed by atoms with E-state index in [1.54, 1.807) is 37.0 Å². The summed E-state index contributed by atoms with van der Waals surface area (Å²) >= 11 is 0. The van der Waals surface area contributed by atoms with Crippen molar-refractivity contribution in [1.29, 1.82) is 0 Å². The lowest BCUT2D eigenvalue weighted by molar-refractivity contribution is 0.576. The molecule has 3 aromatic rings. The summed E-state index contributed by atoms with van der Waals surface area (Å²) in [6, 6.07) is 9.08. The molecule has 2 aromatic heterocycles. The van der Waals surface area contributed by atoms with Gasteiger partial charge in [-0.25, -0.2) is 17.8 Å². The molecule has 0 saturated heterocycles. The molecule has 1 atom stereocenters. The number of nitrogens with zero attached hydrogens (tertiary/aromatic N) is 6. The van der Waals surface area contributed by atoms with E-state index in [4.69, 9.17) is 0 Å². The Morgan fingerprint density at radius 3 is 2.52 bits per heavy atom. The van der Waals surface area contributed by atoms with Crippen molar-refractivity contribution in [2.45, 2.75) is 17.9 Å². The van der Waals surface area contributed by atoms with Crippen LogP contribution >= 0.6 is 0 Å². The lowest BCUT2D eigenvalue weighted by Gasteiger charge is -2.11. The first-order valence-electron chi connectivity index (χ1n) is 7.00. The van der Waals surface area contributed by atoms with Crippen LogP contribution in [0.1, 0.15) is 23.6 Å². The predicted molar refractivity (Wildman–Crippen MR) is 83.4 cm³/mol. The Morgan fingerprint density at radius 2 is 1.96 bits per heavy atom. The number of tetrazole rings is 1. The SMILES string of the molecule is C[C@H](c1nnnn1C)S(=O)(=O)Cc1ccc(-n2cccn2)cc1. The Kier molecular flexibility index (Phi) is 3.95. The molecule has 8 nitrogen and oxygen atoms in total. The second-order valence-corrected chi connectivity index (χ2v) is 7.55. The predicted octanol–water partition coefficient (Wildman–Crippen LogP) is 1.07. The van der Waals surface area contributed by atoms with Gasteiger partial charge in [0.1, 0.15) is 5.25 Å². The van der Waals surface area contributed by atoms with Gasteiger partial charge in [-0.3, -0.25) is 0 Å². The minimum Gasteiger partial charge on any atom is -0.241 e. The fraction of sp³-hybridized carbons (Fsp3) is 0.286. The van der Waals surface area contributed by atoms with Crippen LogP contribution in [0.2, 0.25) is 0 Å². The maximum absolute atomic E-state index is 12.5. The molecule has 0 bridgehead atoms. The van der Waals surface area contributed by atoms with E-state index in [-0.39, 0.29) is 5.75 Å². The Morgan fingerprint density at radius 1 is 1.22 bits per heavy atom. The van der Waals surface area contributed by atoms with E-state index in [1.807, 2.05) is 24.4 Å². The zero-order valence-corrected chi connectivity index (χ0v) is 13.6. The fourth-order valence-electron chi connectivity index (χ4n) is 2.27. The molecule has 0 radical (unpaired) electrons. The summed E-state index contributed by atoms with van der Waals surface area (Å²) in [5, 5.41) is 14.3. The average Bonchev–Trinajstić information content (AvgIpc) is 3.18. The van der Waals surface area contributed by atoms with Gasteiger partial charge >= 0.3 is 0 Å². The molecule has 0 fully saturated rings. The van der Waals surface area contributed by atoms with Crippen LogP contribution in [-0.2, 0) is 22.6 Å². The number of rotatable bonds is 5. The maximum Gasteiger partial charge on any atom is 0.168 e. The monoisotopic (exact) mass is 332 g/mol. The Labute approximate surface area is 133 Å². The third-order valence-electron chi connectivity index (χ3n) is 3.63. The summed E-state index contributed by atoms with van der Waals surface area (Å²) < 4.78 is 28.2. The summed E-state index contributed by atoms with van der Waals surface area (Å²) in [5.74, 6) is 0.263. The van der Waals surface area contributed by atoms with E-state index in [0.29, 0.717) is 11.4 Å². The lowest BCUT2D eigenvalue weighted by atomic mass is 10.2. The molecule has 0 aliphatic heterocycles. The molecule has 3 rings (SSSR count). The molecule has 0 amide bonds. The van der Waals surface area contributed by atoms with E-state index in [1.165, 1.54) is 4.68 Å². The number of hydrogen-bond acceptors (Lipinski definition) is 6. The third-order valence-corrected chi connectivity index (χ3v) is 5.65. The van der Waals surface area contributed by atoms with Crippen molar-refractivity contribution in [2.75, 3.05) is 0 Å². The normalized spacial score (nSPS) is 13.1. The largest absolute Gasteiger partial charge is 0.241 e. The molecule has 0 aliphatic rings. The minimum atomic E-state index is -3.41. The van der Waals surface area contributed by atoms with Crippen molar-refractivity contribution < 1.29 is 8.42 Å². The van der Waals surface area contributed by atoms with Crippen molar-refractivity contribution in [2.24, 2.45) is 7.05 Å². The van der Waals surface area contributed by atoms with Crippen LogP contribution in [0.15, 0.2) is 42.7 Å². The van der Waals surface area contributed by atoms with Crippen molar-refractivity contribution in [3.8, 4) is 5.69 Å². The Balaban J connectivity index is 1.79. The van der Waals surface area contributed by atoms with Crippen molar-refractivity contribution in [3.05, 3.63) is 54.1 Å². The van der Waals surface area contributed by atoms with E-state index in [0.717, 1.165) is 5.69 Å². The van der Waals surface area contributed by atoms with Gasteiger partial charge in [-0.05, 0) is 41.1 Å². The molecule has 0 saturated carbocycles. The van der Waals surface area contributed by atoms with Gasteiger partial charge in [0.2, 0.25) is 0 Å². The highest BCUT2D eigenvalue weighted by molar-refractivity contribution is 7.90. The second kappa shape index (κ2) is 5.92. The molecule has 0 N–H and O–H groups in total. The molecule has 0 aliphatic carbocycles. The first-order valence-corrected chi connectivity index (χ1v) is 8.72. The van der Waals surface area contributed by atoms with Gasteiger partial charge in [-0.1, -0.05) is 12.1 Å². The van der Waals surface area contributed by atoms with Crippen LogP contribution in [-0.4, -0.2) is 38.4 Å².